The van der Waals surface area contributed by atoms with Crippen LogP contribution in [0.15, 0.2) is 48.5 Å². The number of hydrogen-bond acceptors (Lipinski definition) is 5. The minimum atomic E-state index is -0.742. The van der Waals surface area contributed by atoms with Gasteiger partial charge >= 0.3 is 0 Å². The second kappa shape index (κ2) is 12.1. The van der Waals surface area contributed by atoms with Crippen LogP contribution in [0.3, 0.4) is 0 Å². The molecule has 3 rings (SSSR count). The first kappa shape index (κ1) is 24.4. The summed E-state index contributed by atoms with van der Waals surface area (Å²) in [5.41, 5.74) is 1.85. The Hall–Kier alpha value is -3.22. The maximum Gasteiger partial charge on any atom is 0.261 e. The fraction of sp³-hybridized carbons (Fsp3) is 0.462. The van der Waals surface area contributed by atoms with E-state index in [2.05, 4.69) is 28.5 Å². The standard InChI is InChI=1S/C26H35N3O4/c1-4-5-11-24(28-25(30)19(2)33-23-14-12-22(32-3)13-15-23)26(31)27-20-9-8-10-21(18-20)29-16-6-7-17-29/h8-10,12-15,18-19,24H,4-7,11,16-17H2,1-3H3,(H,27,31)(H,28,30). The van der Waals surface area contributed by atoms with E-state index in [9.17, 15) is 9.59 Å². The van der Waals surface area contributed by atoms with Crippen molar-refractivity contribution in [2.75, 3.05) is 30.4 Å². The van der Waals surface area contributed by atoms with Crippen molar-refractivity contribution in [3.63, 3.8) is 0 Å². The fourth-order valence-electron chi connectivity index (χ4n) is 3.86. The number of carbonyl (C=O) groups excluding carboxylic acids is 2. The van der Waals surface area contributed by atoms with Crippen LogP contribution >= 0.6 is 0 Å². The van der Waals surface area contributed by atoms with Crippen molar-refractivity contribution in [3.8, 4) is 11.5 Å². The molecule has 2 aromatic rings. The van der Waals surface area contributed by atoms with Crippen LogP contribution in [0.4, 0.5) is 11.4 Å². The number of amides is 2. The highest BCUT2D eigenvalue weighted by Gasteiger charge is 2.24. The topological polar surface area (TPSA) is 79.9 Å². The summed E-state index contributed by atoms with van der Waals surface area (Å²) in [6.45, 7) is 5.82. The van der Waals surface area contributed by atoms with E-state index in [4.69, 9.17) is 9.47 Å². The molecular formula is C26H35N3O4. The number of unbranched alkanes of at least 4 members (excludes halogenated alkanes) is 1. The van der Waals surface area contributed by atoms with Gasteiger partial charge in [0.2, 0.25) is 5.91 Å². The predicted octanol–water partition coefficient (Wildman–Crippen LogP) is 4.38. The van der Waals surface area contributed by atoms with Crippen molar-refractivity contribution in [2.45, 2.75) is 58.1 Å². The molecule has 178 valence electrons. The normalized spacial score (nSPS) is 14.9. The van der Waals surface area contributed by atoms with Gasteiger partial charge in [0, 0.05) is 24.5 Å². The minimum absolute atomic E-state index is 0.216. The Balaban J connectivity index is 1.61. The van der Waals surface area contributed by atoms with E-state index < -0.39 is 12.1 Å². The first-order valence-electron chi connectivity index (χ1n) is 11.8. The number of benzene rings is 2. The minimum Gasteiger partial charge on any atom is -0.497 e. The molecule has 2 aromatic carbocycles. The second-order valence-corrected chi connectivity index (χ2v) is 8.37. The van der Waals surface area contributed by atoms with Gasteiger partial charge in [0.05, 0.1) is 7.11 Å². The van der Waals surface area contributed by atoms with Crippen LogP contribution in [0.25, 0.3) is 0 Å². The van der Waals surface area contributed by atoms with Crippen molar-refractivity contribution in [3.05, 3.63) is 48.5 Å². The van der Waals surface area contributed by atoms with Crippen LogP contribution in [-0.4, -0.2) is 44.2 Å². The third-order valence-electron chi connectivity index (χ3n) is 5.81. The Morgan fingerprint density at radius 2 is 1.73 bits per heavy atom. The van der Waals surface area contributed by atoms with E-state index in [0.717, 1.165) is 37.3 Å². The Labute approximate surface area is 196 Å². The van der Waals surface area contributed by atoms with Gasteiger partial charge in [-0.3, -0.25) is 9.59 Å². The summed E-state index contributed by atoms with van der Waals surface area (Å²) >= 11 is 0. The summed E-state index contributed by atoms with van der Waals surface area (Å²) in [5, 5.41) is 5.86. The molecule has 1 aliphatic heterocycles. The summed E-state index contributed by atoms with van der Waals surface area (Å²) < 4.78 is 10.9. The third-order valence-corrected chi connectivity index (χ3v) is 5.81. The van der Waals surface area contributed by atoms with Gasteiger partial charge in [-0.05, 0) is 68.7 Å². The van der Waals surface area contributed by atoms with Crippen molar-refractivity contribution in [1.29, 1.82) is 0 Å². The lowest BCUT2D eigenvalue weighted by atomic mass is 10.1. The van der Waals surface area contributed by atoms with Crippen molar-refractivity contribution >= 4 is 23.2 Å². The zero-order valence-corrected chi connectivity index (χ0v) is 19.8. The molecule has 0 spiro atoms. The molecule has 7 heteroatoms. The van der Waals surface area contributed by atoms with E-state index in [0.29, 0.717) is 17.9 Å². The van der Waals surface area contributed by atoms with Crippen LogP contribution in [0.5, 0.6) is 11.5 Å². The summed E-state index contributed by atoms with van der Waals surface area (Å²) in [7, 11) is 1.59. The van der Waals surface area contributed by atoms with E-state index >= 15 is 0 Å². The Bertz CT molecular complexity index is 910. The lowest BCUT2D eigenvalue weighted by Crippen LogP contribution is -2.48. The number of ether oxygens (including phenoxy) is 2. The van der Waals surface area contributed by atoms with E-state index in [-0.39, 0.29) is 11.8 Å². The van der Waals surface area contributed by atoms with Gasteiger partial charge in [0.1, 0.15) is 17.5 Å². The van der Waals surface area contributed by atoms with Crippen LogP contribution < -0.4 is 25.0 Å². The summed E-state index contributed by atoms with van der Waals surface area (Å²) in [6, 6.07) is 14.3. The molecule has 2 unspecified atom stereocenters. The van der Waals surface area contributed by atoms with Gasteiger partial charge in [0.25, 0.3) is 5.91 Å². The molecule has 0 bridgehead atoms. The van der Waals surface area contributed by atoms with Crippen molar-refractivity contribution in [2.24, 2.45) is 0 Å². The maximum atomic E-state index is 13.0. The fourth-order valence-corrected chi connectivity index (χ4v) is 3.86. The molecule has 1 heterocycles. The molecule has 0 saturated carbocycles. The molecule has 1 saturated heterocycles. The monoisotopic (exact) mass is 453 g/mol. The lowest BCUT2D eigenvalue weighted by molar-refractivity contribution is -0.131. The molecule has 1 aliphatic rings. The average molecular weight is 454 g/mol. The van der Waals surface area contributed by atoms with Gasteiger partial charge in [-0.15, -0.1) is 0 Å². The average Bonchev–Trinajstić information content (AvgIpc) is 3.37. The van der Waals surface area contributed by atoms with Gasteiger partial charge in [-0.25, -0.2) is 0 Å². The number of carbonyl (C=O) groups is 2. The molecule has 2 amide bonds. The lowest BCUT2D eigenvalue weighted by Gasteiger charge is -2.22. The largest absolute Gasteiger partial charge is 0.497 e. The molecule has 1 fully saturated rings. The zero-order chi connectivity index (χ0) is 23.6. The van der Waals surface area contributed by atoms with Crippen LogP contribution in [0, 0.1) is 0 Å². The molecule has 7 nitrogen and oxygen atoms in total. The van der Waals surface area contributed by atoms with Crippen LogP contribution in [-0.2, 0) is 9.59 Å². The van der Waals surface area contributed by atoms with Gasteiger partial charge in [-0.2, -0.15) is 0 Å². The highest BCUT2D eigenvalue weighted by molar-refractivity contribution is 5.98. The summed E-state index contributed by atoms with van der Waals surface area (Å²) in [5.74, 6) is 0.733. The number of nitrogens with zero attached hydrogens (tertiary/aromatic N) is 1. The van der Waals surface area contributed by atoms with E-state index in [1.807, 2.05) is 18.2 Å². The number of nitrogens with one attached hydrogen (secondary N) is 2. The molecule has 0 aromatic heterocycles. The first-order chi connectivity index (χ1) is 16.0. The highest BCUT2D eigenvalue weighted by Crippen LogP contribution is 2.23. The second-order valence-electron chi connectivity index (χ2n) is 8.37. The number of methoxy groups -OCH3 is 1. The maximum absolute atomic E-state index is 13.0. The van der Waals surface area contributed by atoms with Crippen molar-refractivity contribution < 1.29 is 19.1 Å². The van der Waals surface area contributed by atoms with Crippen molar-refractivity contribution in [1.82, 2.24) is 5.32 Å². The molecule has 2 N–H and O–H groups in total. The van der Waals surface area contributed by atoms with Gasteiger partial charge < -0.3 is 25.0 Å². The smallest absolute Gasteiger partial charge is 0.261 e. The third kappa shape index (κ3) is 7.14. The number of rotatable bonds is 11. The quantitative estimate of drug-likeness (QED) is 0.528. The zero-order valence-electron chi connectivity index (χ0n) is 19.8. The van der Waals surface area contributed by atoms with Crippen LogP contribution in [0.2, 0.25) is 0 Å². The Morgan fingerprint density at radius 3 is 2.39 bits per heavy atom. The molecule has 33 heavy (non-hydrogen) atoms. The summed E-state index contributed by atoms with van der Waals surface area (Å²) in [4.78, 5) is 28.1. The highest BCUT2D eigenvalue weighted by atomic mass is 16.5. The van der Waals surface area contributed by atoms with Gasteiger partial charge in [0.15, 0.2) is 6.10 Å². The first-order valence-corrected chi connectivity index (χ1v) is 11.8. The predicted molar refractivity (Wildman–Crippen MR) is 131 cm³/mol. The Kier molecular flexibility index (Phi) is 8.98. The number of anilines is 2. The Morgan fingerprint density at radius 1 is 1.03 bits per heavy atom. The molecule has 0 radical (unpaired) electrons. The molecular weight excluding hydrogens is 418 g/mol. The number of hydrogen-bond donors (Lipinski definition) is 2. The summed E-state index contributed by atoms with van der Waals surface area (Å²) in [6.07, 6.45) is 3.97. The van der Waals surface area contributed by atoms with E-state index in [1.54, 1.807) is 38.3 Å². The van der Waals surface area contributed by atoms with Gasteiger partial charge in [-0.1, -0.05) is 25.8 Å². The SMILES string of the molecule is CCCCC(NC(=O)C(C)Oc1ccc(OC)cc1)C(=O)Nc1cccc(N2CCCC2)c1. The molecule has 0 aliphatic carbocycles. The molecule has 2 atom stereocenters. The van der Waals surface area contributed by atoms with Crippen LogP contribution in [0.1, 0.15) is 46.0 Å². The van der Waals surface area contributed by atoms with E-state index in [1.165, 1.54) is 12.8 Å².